The summed E-state index contributed by atoms with van der Waals surface area (Å²) in [5.41, 5.74) is 1.48. The fourth-order valence-electron chi connectivity index (χ4n) is 2.05. The van der Waals surface area contributed by atoms with Crippen LogP contribution in [0, 0.1) is 0 Å². The normalized spacial score (nSPS) is 14.2. The van der Waals surface area contributed by atoms with Gasteiger partial charge < -0.3 is 10.0 Å². The Morgan fingerprint density at radius 1 is 1.47 bits per heavy atom. The minimum atomic E-state index is -0.988. The summed E-state index contributed by atoms with van der Waals surface area (Å²) in [6.45, 7) is 2.12. The van der Waals surface area contributed by atoms with Crippen LogP contribution >= 0.6 is 0 Å². The van der Waals surface area contributed by atoms with Crippen molar-refractivity contribution in [1.29, 1.82) is 0 Å². The highest BCUT2D eigenvalue weighted by Crippen LogP contribution is 2.39. The van der Waals surface area contributed by atoms with Crippen LogP contribution in [0.1, 0.15) is 48.2 Å². The number of aliphatic carboxylic acids is 1. The predicted molar refractivity (Wildman–Crippen MR) is 70.0 cm³/mol. The van der Waals surface area contributed by atoms with Crippen molar-refractivity contribution in [3.05, 3.63) is 29.6 Å². The highest BCUT2D eigenvalue weighted by Gasteiger charge is 2.26. The smallest absolute Gasteiger partial charge is 0.323 e. The van der Waals surface area contributed by atoms with Crippen LogP contribution in [-0.4, -0.2) is 40.0 Å². The van der Waals surface area contributed by atoms with Crippen LogP contribution in [-0.2, 0) is 4.79 Å². The number of hydrogen-bond acceptors (Lipinski definition) is 3. The number of nitrogens with zero attached hydrogens (tertiary/aromatic N) is 2. The van der Waals surface area contributed by atoms with Gasteiger partial charge in [0.05, 0.1) is 0 Å². The molecule has 0 saturated heterocycles. The molecule has 0 aliphatic heterocycles. The molecule has 5 heteroatoms. The average Bonchev–Trinajstić information content (AvgIpc) is 3.21. The van der Waals surface area contributed by atoms with Crippen LogP contribution in [0.4, 0.5) is 0 Å². The number of pyridine rings is 1. The number of carbonyl (C=O) groups is 2. The van der Waals surface area contributed by atoms with Gasteiger partial charge in [0.25, 0.3) is 5.91 Å². The molecule has 0 aromatic carbocycles. The summed E-state index contributed by atoms with van der Waals surface area (Å²) in [5, 5.41) is 8.85. The van der Waals surface area contributed by atoms with E-state index in [4.69, 9.17) is 5.11 Å². The number of hydrogen-bond donors (Lipinski definition) is 1. The third-order valence-electron chi connectivity index (χ3n) is 3.13. The molecule has 5 nitrogen and oxygen atoms in total. The zero-order valence-corrected chi connectivity index (χ0v) is 11.0. The van der Waals surface area contributed by atoms with Gasteiger partial charge in [-0.15, -0.1) is 0 Å². The van der Waals surface area contributed by atoms with E-state index in [0.717, 1.165) is 25.0 Å². The Bertz CT molecular complexity index is 483. The first-order chi connectivity index (χ1) is 9.11. The van der Waals surface area contributed by atoms with Crippen molar-refractivity contribution in [2.45, 2.75) is 32.1 Å². The maximum Gasteiger partial charge on any atom is 0.323 e. The predicted octanol–water partition coefficient (Wildman–Crippen LogP) is 1.90. The summed E-state index contributed by atoms with van der Waals surface area (Å²) in [4.78, 5) is 28.7. The number of carboxylic acids is 1. The summed E-state index contributed by atoms with van der Waals surface area (Å²) < 4.78 is 0. The Morgan fingerprint density at radius 2 is 2.21 bits per heavy atom. The molecular formula is C14H18N2O3. The van der Waals surface area contributed by atoms with E-state index in [-0.39, 0.29) is 12.5 Å². The van der Waals surface area contributed by atoms with Gasteiger partial charge in [-0.3, -0.25) is 14.6 Å². The molecule has 1 aliphatic carbocycles. The van der Waals surface area contributed by atoms with Crippen molar-refractivity contribution in [3.8, 4) is 0 Å². The Morgan fingerprint density at radius 3 is 2.79 bits per heavy atom. The first-order valence-corrected chi connectivity index (χ1v) is 6.58. The van der Waals surface area contributed by atoms with Crippen molar-refractivity contribution in [2.24, 2.45) is 0 Å². The number of aromatic nitrogens is 1. The summed E-state index contributed by atoms with van der Waals surface area (Å²) in [5.74, 6) is -0.737. The van der Waals surface area contributed by atoms with Gasteiger partial charge >= 0.3 is 5.97 Å². The zero-order chi connectivity index (χ0) is 13.8. The maximum absolute atomic E-state index is 12.3. The van der Waals surface area contributed by atoms with Crippen LogP contribution in [0.5, 0.6) is 0 Å². The molecule has 0 bridgehead atoms. The van der Waals surface area contributed by atoms with Crippen molar-refractivity contribution >= 4 is 11.9 Å². The van der Waals surface area contributed by atoms with Gasteiger partial charge in [-0.2, -0.15) is 0 Å². The number of carboxylic acid groups (broad SMARTS) is 1. The largest absolute Gasteiger partial charge is 0.480 e. The Kier molecular flexibility index (Phi) is 4.14. The molecule has 1 aromatic heterocycles. The summed E-state index contributed by atoms with van der Waals surface area (Å²) >= 11 is 0. The topological polar surface area (TPSA) is 70.5 Å². The van der Waals surface area contributed by atoms with Crippen molar-refractivity contribution < 1.29 is 14.7 Å². The molecule has 102 valence electrons. The Balaban J connectivity index is 2.15. The van der Waals surface area contributed by atoms with Gasteiger partial charge in [-0.25, -0.2) is 0 Å². The minimum Gasteiger partial charge on any atom is -0.480 e. The lowest BCUT2D eigenvalue weighted by atomic mass is 10.1. The van der Waals surface area contributed by atoms with Gasteiger partial charge in [0.15, 0.2) is 0 Å². The molecule has 2 rings (SSSR count). The van der Waals surface area contributed by atoms with Crippen LogP contribution in [0.2, 0.25) is 0 Å². The van der Waals surface area contributed by atoms with Gasteiger partial charge in [0.1, 0.15) is 6.54 Å². The quantitative estimate of drug-likeness (QED) is 0.850. The lowest BCUT2D eigenvalue weighted by Crippen LogP contribution is -2.36. The molecule has 1 aromatic rings. The molecular weight excluding hydrogens is 244 g/mol. The van der Waals surface area contributed by atoms with E-state index in [1.807, 2.05) is 6.92 Å². The van der Waals surface area contributed by atoms with Gasteiger partial charge in [-0.1, -0.05) is 6.92 Å². The molecule has 1 fully saturated rings. The van der Waals surface area contributed by atoms with E-state index in [0.29, 0.717) is 18.0 Å². The van der Waals surface area contributed by atoms with E-state index >= 15 is 0 Å². The van der Waals surface area contributed by atoms with E-state index in [1.165, 1.54) is 4.90 Å². The molecule has 1 heterocycles. The summed E-state index contributed by atoms with van der Waals surface area (Å²) in [6, 6.07) is 3.45. The molecule has 0 atom stereocenters. The zero-order valence-electron chi connectivity index (χ0n) is 11.0. The van der Waals surface area contributed by atoms with Crippen LogP contribution in [0.25, 0.3) is 0 Å². The van der Waals surface area contributed by atoms with E-state index < -0.39 is 5.97 Å². The lowest BCUT2D eigenvalue weighted by Gasteiger charge is -2.20. The van der Waals surface area contributed by atoms with Gasteiger partial charge in [0.2, 0.25) is 0 Å². The van der Waals surface area contributed by atoms with Crippen LogP contribution in [0.15, 0.2) is 18.3 Å². The molecule has 0 unspecified atom stereocenters. The molecule has 1 aliphatic rings. The first-order valence-electron chi connectivity index (χ1n) is 6.58. The van der Waals surface area contributed by atoms with Gasteiger partial charge in [0, 0.05) is 29.9 Å². The van der Waals surface area contributed by atoms with Crippen molar-refractivity contribution in [1.82, 2.24) is 9.88 Å². The lowest BCUT2D eigenvalue weighted by molar-refractivity contribution is -0.137. The highest BCUT2D eigenvalue weighted by molar-refractivity contribution is 5.95. The van der Waals surface area contributed by atoms with Crippen LogP contribution < -0.4 is 0 Å². The third-order valence-corrected chi connectivity index (χ3v) is 3.13. The van der Waals surface area contributed by atoms with E-state index in [2.05, 4.69) is 4.98 Å². The fourth-order valence-corrected chi connectivity index (χ4v) is 2.05. The van der Waals surface area contributed by atoms with Crippen LogP contribution in [0.3, 0.4) is 0 Å². The Hall–Kier alpha value is -1.91. The molecule has 1 saturated carbocycles. The summed E-state index contributed by atoms with van der Waals surface area (Å²) in [7, 11) is 0. The second-order valence-electron chi connectivity index (χ2n) is 4.86. The number of amides is 1. The maximum atomic E-state index is 12.3. The third kappa shape index (κ3) is 3.53. The molecule has 19 heavy (non-hydrogen) atoms. The molecule has 1 N–H and O–H groups in total. The second kappa shape index (κ2) is 5.82. The van der Waals surface area contributed by atoms with Crippen molar-refractivity contribution in [3.63, 3.8) is 0 Å². The Labute approximate surface area is 112 Å². The molecule has 1 amide bonds. The highest BCUT2D eigenvalue weighted by atomic mass is 16.4. The molecule has 0 radical (unpaired) electrons. The SMILES string of the molecule is CCCN(CC(=O)O)C(=O)c1ccnc(C2CC2)c1. The standard InChI is InChI=1S/C14H18N2O3/c1-2-7-16(9-13(17)18)14(19)11-5-6-15-12(8-11)10-3-4-10/h5-6,8,10H,2-4,7,9H2,1H3,(H,17,18). The molecule has 0 spiro atoms. The van der Waals surface area contributed by atoms with E-state index in [1.54, 1.807) is 18.3 Å². The van der Waals surface area contributed by atoms with Gasteiger partial charge in [-0.05, 0) is 31.4 Å². The minimum absolute atomic E-state index is 0.228. The number of carbonyl (C=O) groups excluding carboxylic acids is 1. The second-order valence-corrected chi connectivity index (χ2v) is 4.86. The van der Waals surface area contributed by atoms with Crippen molar-refractivity contribution in [2.75, 3.05) is 13.1 Å². The first kappa shape index (κ1) is 13.5. The summed E-state index contributed by atoms with van der Waals surface area (Å²) in [6.07, 6.45) is 4.61. The fraction of sp³-hybridized carbons (Fsp3) is 0.500. The monoisotopic (exact) mass is 262 g/mol. The average molecular weight is 262 g/mol. The number of rotatable bonds is 6. The van der Waals surface area contributed by atoms with E-state index in [9.17, 15) is 9.59 Å².